The van der Waals surface area contributed by atoms with Crippen LogP contribution in [-0.4, -0.2) is 27.6 Å². The van der Waals surface area contributed by atoms with Gasteiger partial charge in [-0.15, -0.1) is 0 Å². The topological polar surface area (TPSA) is 55.2 Å². The van der Waals surface area contributed by atoms with Crippen molar-refractivity contribution >= 4 is 5.91 Å². The predicted octanol–water partition coefficient (Wildman–Crippen LogP) is 4.85. The molecule has 0 saturated heterocycles. The first-order chi connectivity index (χ1) is 15.3. The van der Waals surface area contributed by atoms with E-state index in [1.54, 1.807) is 0 Å². The summed E-state index contributed by atoms with van der Waals surface area (Å²) in [5, 5.41) is 3.84. The summed E-state index contributed by atoms with van der Waals surface area (Å²) >= 11 is 0. The minimum Gasteiger partial charge on any atom is -0.336 e. The first-order valence-corrected chi connectivity index (χ1v) is 9.49. The number of carbonyl (C=O) groups excluding carboxylic acids is 1. The Balaban J connectivity index is 2.03. The Morgan fingerprint density at radius 3 is 2.09 bits per heavy atom. The molecule has 3 rings (SSSR count). The third-order valence-electron chi connectivity index (χ3n) is 4.82. The highest BCUT2D eigenvalue weighted by atomic mass is 19.4. The molecule has 0 saturated carbocycles. The summed E-state index contributed by atoms with van der Waals surface area (Å²) in [7, 11) is 1.17. The lowest BCUT2D eigenvalue weighted by Crippen LogP contribution is -2.34. The highest BCUT2D eigenvalue weighted by Gasteiger charge is 2.35. The smallest absolute Gasteiger partial charge is 0.336 e. The quantitative estimate of drug-likeness (QED) is 0.514. The Bertz CT molecular complexity index is 1250. The molecule has 11 heteroatoms. The van der Waals surface area contributed by atoms with E-state index in [2.05, 4.69) is 5.10 Å². The number of para-hydroxylation sites is 1. The molecule has 1 amide bonds. The molecule has 0 spiro atoms. The normalized spacial score (nSPS) is 12.0. The molecule has 5 nitrogen and oxygen atoms in total. The lowest BCUT2D eigenvalue weighted by molar-refractivity contribution is -0.138. The fourth-order valence-electron chi connectivity index (χ4n) is 3.28. The van der Waals surface area contributed by atoms with E-state index >= 15 is 0 Å². The van der Waals surface area contributed by atoms with E-state index in [1.165, 1.54) is 44.3 Å². The Labute approximate surface area is 183 Å². The van der Waals surface area contributed by atoms with Crippen LogP contribution in [-0.2, 0) is 18.9 Å². The standard InChI is InChI=1S/C22H17F6N3O2/c1-13-11-18(32)19(29-31(13)17-10-6-5-9-16(17)22(26,27)28)20(33)30(2)12-14-7-3-4-8-15(14)21(23,24)25/h3-11H,12H2,1-2H3. The van der Waals surface area contributed by atoms with Crippen LogP contribution in [0.4, 0.5) is 26.3 Å². The van der Waals surface area contributed by atoms with E-state index < -0.39 is 52.7 Å². The summed E-state index contributed by atoms with van der Waals surface area (Å²) in [6.07, 6.45) is -9.38. The molecule has 0 fully saturated rings. The van der Waals surface area contributed by atoms with Crippen LogP contribution in [0.5, 0.6) is 0 Å². The van der Waals surface area contributed by atoms with Crippen LogP contribution in [0.3, 0.4) is 0 Å². The molecule has 1 heterocycles. The minimum absolute atomic E-state index is 0.0401. The Hall–Kier alpha value is -3.63. The number of hydrogen-bond donors (Lipinski definition) is 0. The van der Waals surface area contributed by atoms with Gasteiger partial charge in [0, 0.05) is 25.4 Å². The summed E-state index contributed by atoms with van der Waals surface area (Å²) in [4.78, 5) is 26.1. The van der Waals surface area contributed by atoms with Gasteiger partial charge in [0.05, 0.1) is 16.8 Å². The molecular formula is C22H17F6N3O2. The molecule has 1 aromatic heterocycles. The van der Waals surface area contributed by atoms with Crippen LogP contribution in [0.2, 0.25) is 0 Å². The van der Waals surface area contributed by atoms with Crippen molar-refractivity contribution in [1.29, 1.82) is 0 Å². The van der Waals surface area contributed by atoms with Crippen molar-refractivity contribution in [2.75, 3.05) is 7.05 Å². The van der Waals surface area contributed by atoms with Crippen molar-refractivity contribution < 1.29 is 31.1 Å². The van der Waals surface area contributed by atoms with Gasteiger partial charge in [-0.05, 0) is 30.7 Å². The third kappa shape index (κ3) is 5.07. The minimum atomic E-state index is -4.73. The van der Waals surface area contributed by atoms with Crippen molar-refractivity contribution in [3.63, 3.8) is 0 Å². The molecule has 0 aliphatic carbocycles. The number of hydrogen-bond acceptors (Lipinski definition) is 3. The van der Waals surface area contributed by atoms with Gasteiger partial charge < -0.3 is 4.90 Å². The predicted molar refractivity (Wildman–Crippen MR) is 107 cm³/mol. The zero-order valence-corrected chi connectivity index (χ0v) is 17.3. The number of aromatic nitrogens is 2. The number of halogens is 6. The second kappa shape index (κ2) is 8.72. The van der Waals surface area contributed by atoms with Crippen LogP contribution in [0.1, 0.15) is 32.9 Å². The number of amides is 1. The van der Waals surface area contributed by atoms with Crippen LogP contribution < -0.4 is 5.43 Å². The summed E-state index contributed by atoms with van der Waals surface area (Å²) in [5.41, 5.74) is -4.14. The van der Waals surface area contributed by atoms with E-state index in [1.807, 2.05) is 0 Å². The molecule has 0 unspecified atom stereocenters. The van der Waals surface area contributed by atoms with E-state index in [0.29, 0.717) is 0 Å². The second-order valence-corrected chi connectivity index (χ2v) is 7.24. The lowest BCUT2D eigenvalue weighted by Gasteiger charge is -2.21. The molecule has 0 bridgehead atoms. The average molecular weight is 469 g/mol. The fraction of sp³-hybridized carbons (Fsp3) is 0.227. The maximum atomic E-state index is 13.4. The first kappa shape index (κ1) is 24.0. The van der Waals surface area contributed by atoms with Crippen molar-refractivity contribution in [1.82, 2.24) is 14.7 Å². The van der Waals surface area contributed by atoms with Gasteiger partial charge >= 0.3 is 12.4 Å². The Kier molecular flexibility index (Phi) is 6.35. The molecule has 0 atom stereocenters. The van der Waals surface area contributed by atoms with Gasteiger partial charge in [-0.25, -0.2) is 4.68 Å². The highest BCUT2D eigenvalue weighted by Crippen LogP contribution is 2.34. The van der Waals surface area contributed by atoms with Gasteiger partial charge in [0.1, 0.15) is 0 Å². The highest BCUT2D eigenvalue weighted by molar-refractivity contribution is 5.91. The summed E-state index contributed by atoms with van der Waals surface area (Å²) in [6.45, 7) is 0.849. The molecule has 0 N–H and O–H groups in total. The monoisotopic (exact) mass is 469 g/mol. The van der Waals surface area contributed by atoms with E-state index in [-0.39, 0.29) is 11.3 Å². The van der Waals surface area contributed by atoms with Gasteiger partial charge in [-0.1, -0.05) is 30.3 Å². The SMILES string of the molecule is Cc1cc(=O)c(C(=O)N(C)Cc2ccccc2C(F)(F)F)nn1-c1ccccc1C(F)(F)F. The van der Waals surface area contributed by atoms with Gasteiger partial charge in [0.25, 0.3) is 5.91 Å². The van der Waals surface area contributed by atoms with Crippen LogP contribution in [0.25, 0.3) is 5.69 Å². The fourth-order valence-corrected chi connectivity index (χ4v) is 3.28. The summed E-state index contributed by atoms with van der Waals surface area (Å²) < 4.78 is 80.9. The summed E-state index contributed by atoms with van der Waals surface area (Å²) in [5.74, 6) is -1.03. The number of aryl methyl sites for hydroxylation is 1. The van der Waals surface area contributed by atoms with Crippen molar-refractivity contribution in [3.8, 4) is 5.69 Å². The van der Waals surface area contributed by atoms with Crippen LogP contribution >= 0.6 is 0 Å². The molecule has 0 aliphatic rings. The van der Waals surface area contributed by atoms with E-state index in [9.17, 15) is 35.9 Å². The van der Waals surface area contributed by atoms with E-state index in [0.717, 1.165) is 33.8 Å². The van der Waals surface area contributed by atoms with Crippen molar-refractivity contribution in [3.05, 3.63) is 92.9 Å². The molecule has 174 valence electrons. The maximum absolute atomic E-state index is 13.4. The molecular weight excluding hydrogens is 452 g/mol. The zero-order valence-electron chi connectivity index (χ0n) is 17.3. The van der Waals surface area contributed by atoms with Gasteiger partial charge in [-0.2, -0.15) is 31.4 Å². The van der Waals surface area contributed by atoms with E-state index in [4.69, 9.17) is 0 Å². The Morgan fingerprint density at radius 1 is 0.939 bits per heavy atom. The lowest BCUT2D eigenvalue weighted by atomic mass is 10.1. The second-order valence-electron chi connectivity index (χ2n) is 7.24. The maximum Gasteiger partial charge on any atom is 0.418 e. The number of nitrogens with zero attached hydrogens (tertiary/aromatic N) is 3. The van der Waals surface area contributed by atoms with Crippen LogP contribution in [0, 0.1) is 6.92 Å². The molecule has 2 aromatic carbocycles. The zero-order chi connectivity index (χ0) is 24.6. The molecule has 33 heavy (non-hydrogen) atoms. The molecule has 0 radical (unpaired) electrons. The number of alkyl halides is 6. The largest absolute Gasteiger partial charge is 0.418 e. The average Bonchev–Trinajstić information content (AvgIpc) is 2.72. The Morgan fingerprint density at radius 2 is 1.48 bits per heavy atom. The molecule has 0 aliphatic heterocycles. The number of rotatable bonds is 4. The van der Waals surface area contributed by atoms with Crippen molar-refractivity contribution in [2.45, 2.75) is 25.8 Å². The third-order valence-corrected chi connectivity index (χ3v) is 4.82. The van der Waals surface area contributed by atoms with Crippen LogP contribution in [0.15, 0.2) is 59.4 Å². The number of benzene rings is 2. The van der Waals surface area contributed by atoms with Gasteiger partial charge in [0.15, 0.2) is 5.69 Å². The molecule has 3 aromatic rings. The number of carbonyl (C=O) groups is 1. The summed E-state index contributed by atoms with van der Waals surface area (Å²) in [6, 6.07) is 10.0. The van der Waals surface area contributed by atoms with Gasteiger partial charge in [0.2, 0.25) is 5.43 Å². The first-order valence-electron chi connectivity index (χ1n) is 9.49. The van der Waals surface area contributed by atoms with Crippen molar-refractivity contribution in [2.24, 2.45) is 0 Å². The van der Waals surface area contributed by atoms with Gasteiger partial charge in [-0.3, -0.25) is 9.59 Å².